The van der Waals surface area contributed by atoms with Crippen molar-refractivity contribution in [1.82, 2.24) is 20.0 Å². The molecule has 0 atom stereocenters. The number of aryl methyl sites for hydroxylation is 1. The Bertz CT molecular complexity index is 1080. The number of hydrogen-bond acceptors (Lipinski definition) is 5. The Labute approximate surface area is 161 Å². The van der Waals surface area contributed by atoms with Gasteiger partial charge in [-0.05, 0) is 43.2 Å². The van der Waals surface area contributed by atoms with Crippen LogP contribution in [0.15, 0.2) is 42.5 Å². The Hall–Kier alpha value is -2.80. The molecule has 0 spiro atoms. The number of para-hydroxylation sites is 1. The topological polar surface area (TPSA) is 63.9 Å². The molecule has 27 heavy (non-hydrogen) atoms. The van der Waals surface area contributed by atoms with Crippen LogP contribution < -0.4 is 4.90 Å². The summed E-state index contributed by atoms with van der Waals surface area (Å²) in [6.45, 7) is 7.57. The number of anilines is 1. The first-order valence-electron chi connectivity index (χ1n) is 9.07. The van der Waals surface area contributed by atoms with Gasteiger partial charge in [-0.2, -0.15) is 0 Å². The number of aromatic nitrogens is 4. The highest BCUT2D eigenvalue weighted by Crippen LogP contribution is 2.30. The van der Waals surface area contributed by atoms with Gasteiger partial charge in [0.1, 0.15) is 5.52 Å². The molecular weight excluding hydrogens is 358 g/mol. The minimum atomic E-state index is -0.0595. The highest BCUT2D eigenvalue weighted by atomic mass is 32.1. The quantitative estimate of drug-likeness (QED) is 0.517. The van der Waals surface area contributed by atoms with Gasteiger partial charge in [-0.25, -0.2) is 9.67 Å². The average Bonchev–Trinajstić information content (AvgIpc) is 3.28. The van der Waals surface area contributed by atoms with Gasteiger partial charge in [-0.1, -0.05) is 42.5 Å². The third-order valence-corrected chi connectivity index (χ3v) is 5.43. The van der Waals surface area contributed by atoms with Crippen molar-refractivity contribution in [3.63, 3.8) is 0 Å². The minimum absolute atomic E-state index is 0.0595. The first-order valence-corrected chi connectivity index (χ1v) is 9.89. The van der Waals surface area contributed by atoms with E-state index in [1.54, 1.807) is 16.2 Å². The van der Waals surface area contributed by atoms with Crippen LogP contribution in [0.3, 0.4) is 0 Å². The third kappa shape index (κ3) is 3.30. The van der Waals surface area contributed by atoms with Gasteiger partial charge in [-0.15, -0.1) is 5.10 Å². The first kappa shape index (κ1) is 17.6. The van der Waals surface area contributed by atoms with E-state index in [4.69, 9.17) is 0 Å². The zero-order valence-electron chi connectivity index (χ0n) is 15.6. The zero-order chi connectivity index (χ0) is 19.0. The molecule has 1 amide bonds. The van der Waals surface area contributed by atoms with E-state index in [1.165, 1.54) is 0 Å². The molecule has 0 aliphatic rings. The Morgan fingerprint density at radius 2 is 2.00 bits per heavy atom. The average molecular weight is 379 g/mol. The number of carbonyl (C=O) groups is 1. The van der Waals surface area contributed by atoms with E-state index < -0.39 is 0 Å². The van der Waals surface area contributed by atoms with E-state index in [0.29, 0.717) is 18.0 Å². The molecule has 4 aromatic rings. The van der Waals surface area contributed by atoms with Crippen LogP contribution in [0.2, 0.25) is 0 Å². The number of nitrogens with zero attached hydrogens (tertiary/aromatic N) is 5. The van der Waals surface area contributed by atoms with E-state index in [0.717, 1.165) is 32.9 Å². The van der Waals surface area contributed by atoms with Crippen LogP contribution in [-0.4, -0.2) is 32.4 Å². The molecule has 2 heterocycles. The highest BCUT2D eigenvalue weighted by molar-refractivity contribution is 7.22. The molecule has 0 saturated carbocycles. The number of carbonyl (C=O) groups excluding carboxylic acids is 1. The first-order chi connectivity index (χ1) is 13.1. The van der Waals surface area contributed by atoms with Crippen LogP contribution in [0.4, 0.5) is 5.13 Å². The molecule has 0 aliphatic heterocycles. The number of rotatable bonds is 5. The van der Waals surface area contributed by atoms with Gasteiger partial charge in [-0.3, -0.25) is 9.69 Å². The minimum Gasteiger partial charge on any atom is -0.284 e. The fourth-order valence-electron chi connectivity index (χ4n) is 3.08. The zero-order valence-corrected chi connectivity index (χ0v) is 16.4. The van der Waals surface area contributed by atoms with Crippen molar-refractivity contribution >= 4 is 43.6 Å². The predicted octanol–water partition coefficient (Wildman–Crippen LogP) is 4.36. The molecule has 0 fully saturated rings. The fraction of sp³-hybridized carbons (Fsp3) is 0.300. The second-order valence-electron chi connectivity index (χ2n) is 6.88. The molecule has 0 N–H and O–H groups in total. The lowest BCUT2D eigenvalue weighted by molar-refractivity contribution is 0.0984. The SMILES string of the molecule is CCn1nnc2cc(C(=O)N(CC(C)C)c3nc4ccccc4s3)ccc21. The molecule has 0 radical (unpaired) electrons. The van der Waals surface area contributed by atoms with E-state index in [-0.39, 0.29) is 5.91 Å². The number of hydrogen-bond donors (Lipinski definition) is 0. The summed E-state index contributed by atoms with van der Waals surface area (Å²) in [4.78, 5) is 19.8. The lowest BCUT2D eigenvalue weighted by Gasteiger charge is -2.22. The lowest BCUT2D eigenvalue weighted by atomic mass is 10.1. The maximum atomic E-state index is 13.3. The third-order valence-electron chi connectivity index (χ3n) is 4.37. The van der Waals surface area contributed by atoms with Gasteiger partial charge in [0.05, 0.1) is 15.7 Å². The molecule has 0 unspecified atom stereocenters. The maximum absolute atomic E-state index is 13.3. The number of benzene rings is 2. The Balaban J connectivity index is 1.74. The number of fused-ring (bicyclic) bond motifs is 2. The standard InChI is InChI=1S/C20H21N5OS/c1-4-25-17-10-9-14(11-16(17)22-23-25)19(26)24(12-13(2)3)20-21-15-7-5-6-8-18(15)27-20/h5-11,13H,4,12H2,1-3H3. The van der Waals surface area contributed by atoms with Crippen LogP contribution in [0.1, 0.15) is 31.1 Å². The van der Waals surface area contributed by atoms with Crippen LogP contribution in [0.25, 0.3) is 21.3 Å². The van der Waals surface area contributed by atoms with Gasteiger partial charge in [0.2, 0.25) is 0 Å². The largest absolute Gasteiger partial charge is 0.284 e. The summed E-state index contributed by atoms with van der Waals surface area (Å²) in [7, 11) is 0. The van der Waals surface area contributed by atoms with Crippen molar-refractivity contribution in [1.29, 1.82) is 0 Å². The van der Waals surface area contributed by atoms with Crippen molar-refractivity contribution < 1.29 is 4.79 Å². The van der Waals surface area contributed by atoms with Crippen molar-refractivity contribution in [3.05, 3.63) is 48.0 Å². The summed E-state index contributed by atoms with van der Waals surface area (Å²) in [5.74, 6) is 0.265. The van der Waals surface area contributed by atoms with Crippen LogP contribution >= 0.6 is 11.3 Å². The summed E-state index contributed by atoms with van der Waals surface area (Å²) in [6, 6.07) is 13.5. The summed E-state index contributed by atoms with van der Waals surface area (Å²) in [6.07, 6.45) is 0. The van der Waals surface area contributed by atoms with Gasteiger partial charge in [0.15, 0.2) is 5.13 Å². The maximum Gasteiger partial charge on any atom is 0.260 e. The molecule has 0 aliphatic carbocycles. The highest BCUT2D eigenvalue weighted by Gasteiger charge is 2.23. The normalized spacial score (nSPS) is 11.6. The molecule has 0 saturated heterocycles. The van der Waals surface area contributed by atoms with Crippen molar-refractivity contribution in [2.24, 2.45) is 5.92 Å². The molecule has 6 nitrogen and oxygen atoms in total. The lowest BCUT2D eigenvalue weighted by Crippen LogP contribution is -2.34. The molecular formula is C20H21N5OS. The van der Waals surface area contributed by atoms with Crippen molar-refractivity contribution in [2.75, 3.05) is 11.4 Å². The van der Waals surface area contributed by atoms with E-state index in [2.05, 4.69) is 29.1 Å². The molecule has 138 valence electrons. The van der Waals surface area contributed by atoms with E-state index >= 15 is 0 Å². The summed E-state index contributed by atoms with van der Waals surface area (Å²) in [5.41, 5.74) is 3.19. The molecule has 7 heteroatoms. The van der Waals surface area contributed by atoms with Crippen molar-refractivity contribution in [2.45, 2.75) is 27.3 Å². The number of amides is 1. The molecule has 4 rings (SSSR count). The summed E-state index contributed by atoms with van der Waals surface area (Å²) >= 11 is 1.54. The second kappa shape index (κ2) is 7.08. The Kier molecular flexibility index (Phi) is 4.61. The molecule has 2 aromatic carbocycles. The Morgan fingerprint density at radius 3 is 2.74 bits per heavy atom. The van der Waals surface area contributed by atoms with E-state index in [9.17, 15) is 4.79 Å². The molecule has 0 bridgehead atoms. The van der Waals surface area contributed by atoms with Gasteiger partial charge in [0, 0.05) is 18.7 Å². The Morgan fingerprint density at radius 1 is 1.19 bits per heavy atom. The van der Waals surface area contributed by atoms with Crippen LogP contribution in [0.5, 0.6) is 0 Å². The monoisotopic (exact) mass is 379 g/mol. The van der Waals surface area contributed by atoms with Gasteiger partial charge >= 0.3 is 0 Å². The van der Waals surface area contributed by atoms with Gasteiger partial charge < -0.3 is 0 Å². The van der Waals surface area contributed by atoms with Gasteiger partial charge in [0.25, 0.3) is 5.91 Å². The second-order valence-corrected chi connectivity index (χ2v) is 7.89. The molecule has 2 aromatic heterocycles. The summed E-state index contributed by atoms with van der Waals surface area (Å²) in [5, 5.41) is 9.04. The predicted molar refractivity (Wildman–Crippen MR) is 109 cm³/mol. The van der Waals surface area contributed by atoms with E-state index in [1.807, 2.05) is 54.1 Å². The summed E-state index contributed by atoms with van der Waals surface area (Å²) < 4.78 is 2.90. The van der Waals surface area contributed by atoms with Crippen LogP contribution in [0, 0.1) is 5.92 Å². The number of thiazole rings is 1. The fourth-order valence-corrected chi connectivity index (χ4v) is 4.06. The van der Waals surface area contributed by atoms with Crippen LogP contribution in [-0.2, 0) is 6.54 Å². The smallest absolute Gasteiger partial charge is 0.260 e. The van der Waals surface area contributed by atoms with Crippen molar-refractivity contribution in [3.8, 4) is 0 Å².